The molecular weight excluding hydrogens is 256 g/mol. The minimum Gasteiger partial charge on any atom is -0.379 e. The zero-order valence-corrected chi connectivity index (χ0v) is 11.6. The molecule has 1 amide bonds. The molecule has 2 rings (SSSR count). The molecule has 106 valence electrons. The summed E-state index contributed by atoms with van der Waals surface area (Å²) in [7, 11) is 0. The van der Waals surface area contributed by atoms with Gasteiger partial charge in [0.05, 0.1) is 30.2 Å². The van der Waals surface area contributed by atoms with Crippen LogP contribution in [0.15, 0.2) is 36.8 Å². The largest absolute Gasteiger partial charge is 0.379 e. The Labute approximate surface area is 117 Å². The highest BCUT2D eigenvalue weighted by Gasteiger charge is 2.14. The fourth-order valence-electron chi connectivity index (χ4n) is 1.84. The van der Waals surface area contributed by atoms with Crippen LogP contribution in [-0.4, -0.2) is 33.9 Å². The van der Waals surface area contributed by atoms with Crippen LogP contribution in [-0.2, 0) is 9.53 Å². The molecule has 1 unspecified atom stereocenters. The van der Waals surface area contributed by atoms with E-state index in [-0.39, 0.29) is 11.9 Å². The summed E-state index contributed by atoms with van der Waals surface area (Å²) < 4.78 is 7.11. The lowest BCUT2D eigenvalue weighted by atomic mass is 10.2. The van der Waals surface area contributed by atoms with E-state index in [0.29, 0.717) is 13.2 Å². The molecular formula is C14H18N4O2. The number of aromatic nitrogens is 3. The smallest absolute Gasteiger partial charge is 0.217 e. The summed E-state index contributed by atoms with van der Waals surface area (Å²) in [5, 5.41) is 6.98. The molecule has 0 bridgehead atoms. The van der Waals surface area contributed by atoms with Crippen LogP contribution in [0.5, 0.6) is 0 Å². The summed E-state index contributed by atoms with van der Waals surface area (Å²) >= 11 is 0. The van der Waals surface area contributed by atoms with Crippen LogP contribution < -0.4 is 5.32 Å². The lowest BCUT2D eigenvalue weighted by Crippen LogP contribution is -2.30. The van der Waals surface area contributed by atoms with Gasteiger partial charge in [-0.25, -0.2) is 4.68 Å². The van der Waals surface area contributed by atoms with Crippen molar-refractivity contribution in [2.45, 2.75) is 19.9 Å². The van der Waals surface area contributed by atoms with Crippen molar-refractivity contribution in [3.8, 4) is 5.69 Å². The third-order valence-electron chi connectivity index (χ3n) is 2.76. The van der Waals surface area contributed by atoms with E-state index in [2.05, 4.69) is 15.4 Å². The zero-order chi connectivity index (χ0) is 14.4. The van der Waals surface area contributed by atoms with Gasteiger partial charge in [-0.05, 0) is 25.1 Å². The van der Waals surface area contributed by atoms with Gasteiger partial charge in [-0.15, -0.1) is 0 Å². The molecule has 2 heterocycles. The number of rotatable bonds is 6. The van der Waals surface area contributed by atoms with E-state index in [1.54, 1.807) is 17.1 Å². The third kappa shape index (κ3) is 3.64. The van der Waals surface area contributed by atoms with Crippen LogP contribution in [0.3, 0.4) is 0 Å². The Morgan fingerprint density at radius 3 is 2.90 bits per heavy atom. The van der Waals surface area contributed by atoms with Crippen LogP contribution in [0.25, 0.3) is 5.69 Å². The Kier molecular flexibility index (Phi) is 4.84. The first-order valence-electron chi connectivity index (χ1n) is 6.51. The summed E-state index contributed by atoms with van der Waals surface area (Å²) in [5.41, 5.74) is 1.64. The molecule has 0 saturated carbocycles. The molecule has 0 aliphatic heterocycles. The number of carbonyl (C=O) groups excluding carboxylic acids is 1. The predicted octanol–water partition coefficient (Wildman–Crippen LogP) is 1.48. The van der Waals surface area contributed by atoms with Crippen LogP contribution in [0.1, 0.15) is 25.6 Å². The van der Waals surface area contributed by atoms with Crippen molar-refractivity contribution in [2.75, 3.05) is 13.2 Å². The molecule has 2 aromatic heterocycles. The summed E-state index contributed by atoms with van der Waals surface area (Å²) in [6, 6.07) is 5.40. The lowest BCUT2D eigenvalue weighted by molar-refractivity contribution is -0.120. The average molecular weight is 274 g/mol. The summed E-state index contributed by atoms with van der Waals surface area (Å²) in [6.45, 7) is 4.40. The van der Waals surface area contributed by atoms with Gasteiger partial charge in [-0.3, -0.25) is 9.78 Å². The SMILES string of the molecule is CCOCC(NC(C)=O)c1ccc(-n2cccn2)cn1. The lowest BCUT2D eigenvalue weighted by Gasteiger charge is -2.17. The highest BCUT2D eigenvalue weighted by atomic mass is 16.5. The first kappa shape index (κ1) is 14.2. The molecule has 6 heteroatoms. The molecule has 0 aliphatic rings. The van der Waals surface area contributed by atoms with E-state index in [4.69, 9.17) is 4.74 Å². The second kappa shape index (κ2) is 6.81. The fourth-order valence-corrected chi connectivity index (χ4v) is 1.84. The molecule has 2 aromatic rings. The average Bonchev–Trinajstić information content (AvgIpc) is 2.97. The molecule has 0 saturated heterocycles. The van der Waals surface area contributed by atoms with Gasteiger partial charge in [-0.2, -0.15) is 5.10 Å². The minimum absolute atomic E-state index is 0.104. The normalized spacial score (nSPS) is 12.1. The Morgan fingerprint density at radius 2 is 2.35 bits per heavy atom. The van der Waals surface area contributed by atoms with Crippen molar-refractivity contribution in [1.82, 2.24) is 20.1 Å². The standard InChI is InChI=1S/C14H18N4O2/c1-3-20-10-14(17-11(2)19)13-6-5-12(9-15-13)18-8-4-7-16-18/h4-9,14H,3,10H2,1-2H3,(H,17,19). The minimum atomic E-state index is -0.237. The number of carbonyl (C=O) groups is 1. The number of nitrogens with one attached hydrogen (secondary N) is 1. The van der Waals surface area contributed by atoms with Crippen molar-refractivity contribution in [1.29, 1.82) is 0 Å². The molecule has 6 nitrogen and oxygen atoms in total. The molecule has 0 fully saturated rings. The van der Waals surface area contributed by atoms with Crippen LogP contribution in [0, 0.1) is 0 Å². The summed E-state index contributed by atoms with van der Waals surface area (Å²) in [6.07, 6.45) is 5.29. The number of amides is 1. The molecule has 0 spiro atoms. The van der Waals surface area contributed by atoms with E-state index in [1.165, 1.54) is 6.92 Å². The van der Waals surface area contributed by atoms with Crippen LogP contribution in [0.4, 0.5) is 0 Å². The Morgan fingerprint density at radius 1 is 1.50 bits per heavy atom. The van der Waals surface area contributed by atoms with Crippen molar-refractivity contribution in [2.24, 2.45) is 0 Å². The molecule has 20 heavy (non-hydrogen) atoms. The first-order valence-corrected chi connectivity index (χ1v) is 6.51. The van der Waals surface area contributed by atoms with Crippen molar-refractivity contribution >= 4 is 5.91 Å². The van der Waals surface area contributed by atoms with Gasteiger partial charge < -0.3 is 10.1 Å². The first-order chi connectivity index (χ1) is 9.70. The third-order valence-corrected chi connectivity index (χ3v) is 2.76. The maximum atomic E-state index is 11.2. The van der Waals surface area contributed by atoms with Gasteiger partial charge in [0.15, 0.2) is 0 Å². The van der Waals surface area contributed by atoms with Gasteiger partial charge in [0, 0.05) is 25.9 Å². The van der Waals surface area contributed by atoms with E-state index in [0.717, 1.165) is 11.4 Å². The summed E-state index contributed by atoms with van der Waals surface area (Å²) in [5.74, 6) is -0.104. The van der Waals surface area contributed by atoms with Crippen molar-refractivity contribution in [3.05, 3.63) is 42.5 Å². The van der Waals surface area contributed by atoms with Gasteiger partial charge in [-0.1, -0.05) is 0 Å². The van der Waals surface area contributed by atoms with Gasteiger partial charge in [0.25, 0.3) is 0 Å². The molecule has 0 aromatic carbocycles. The van der Waals surface area contributed by atoms with Gasteiger partial charge in [0.2, 0.25) is 5.91 Å². The number of hydrogen-bond acceptors (Lipinski definition) is 4. The zero-order valence-electron chi connectivity index (χ0n) is 11.6. The highest BCUT2D eigenvalue weighted by Crippen LogP contribution is 2.13. The number of nitrogens with zero attached hydrogens (tertiary/aromatic N) is 3. The highest BCUT2D eigenvalue weighted by molar-refractivity contribution is 5.73. The Hall–Kier alpha value is -2.21. The van der Waals surface area contributed by atoms with Gasteiger partial charge in [0.1, 0.15) is 0 Å². The maximum absolute atomic E-state index is 11.2. The fraction of sp³-hybridized carbons (Fsp3) is 0.357. The van der Waals surface area contributed by atoms with Crippen molar-refractivity contribution < 1.29 is 9.53 Å². The monoisotopic (exact) mass is 274 g/mol. The molecule has 1 atom stereocenters. The predicted molar refractivity (Wildman–Crippen MR) is 74.4 cm³/mol. The number of ether oxygens (including phenoxy) is 1. The van der Waals surface area contributed by atoms with E-state index in [1.807, 2.05) is 31.3 Å². The van der Waals surface area contributed by atoms with E-state index >= 15 is 0 Å². The molecule has 1 N–H and O–H groups in total. The van der Waals surface area contributed by atoms with Crippen LogP contribution >= 0.6 is 0 Å². The number of hydrogen-bond donors (Lipinski definition) is 1. The van der Waals surface area contributed by atoms with Gasteiger partial charge >= 0.3 is 0 Å². The second-order valence-electron chi connectivity index (χ2n) is 4.30. The quantitative estimate of drug-likeness (QED) is 0.866. The van der Waals surface area contributed by atoms with E-state index < -0.39 is 0 Å². The van der Waals surface area contributed by atoms with Crippen molar-refractivity contribution in [3.63, 3.8) is 0 Å². The maximum Gasteiger partial charge on any atom is 0.217 e. The number of pyridine rings is 1. The Bertz CT molecular complexity index is 537. The van der Waals surface area contributed by atoms with Crippen LogP contribution in [0.2, 0.25) is 0 Å². The second-order valence-corrected chi connectivity index (χ2v) is 4.30. The Balaban J connectivity index is 2.14. The topological polar surface area (TPSA) is 69.0 Å². The molecule has 0 radical (unpaired) electrons. The summed E-state index contributed by atoms with van der Waals surface area (Å²) in [4.78, 5) is 15.6. The van der Waals surface area contributed by atoms with E-state index in [9.17, 15) is 4.79 Å². The molecule has 0 aliphatic carbocycles.